The molecule has 2 atom stereocenters. The molecular weight excluding hydrogens is 246 g/mol. The Bertz CT molecular complexity index is 619. The van der Waals surface area contributed by atoms with Gasteiger partial charge in [0, 0.05) is 18.7 Å². The first kappa shape index (κ1) is 13.2. The van der Waals surface area contributed by atoms with E-state index in [0.29, 0.717) is 11.8 Å². The third kappa shape index (κ3) is 2.43. The quantitative estimate of drug-likeness (QED) is 0.766. The van der Waals surface area contributed by atoms with Gasteiger partial charge in [-0.3, -0.25) is 4.79 Å². The van der Waals surface area contributed by atoms with Gasteiger partial charge in [-0.05, 0) is 35.1 Å². The molecule has 1 fully saturated rings. The van der Waals surface area contributed by atoms with E-state index in [1.807, 2.05) is 35.2 Å². The van der Waals surface area contributed by atoms with E-state index in [1.54, 1.807) is 0 Å². The lowest BCUT2D eigenvalue weighted by molar-refractivity contribution is 0.0625. The summed E-state index contributed by atoms with van der Waals surface area (Å²) in [5, 5.41) is 2.20. The number of amides is 1. The van der Waals surface area contributed by atoms with Crippen molar-refractivity contribution in [3.8, 4) is 0 Å². The molecule has 2 aromatic rings. The molecule has 0 radical (unpaired) electrons. The van der Waals surface area contributed by atoms with Crippen LogP contribution in [0.3, 0.4) is 0 Å². The second kappa shape index (κ2) is 5.28. The normalized spacial score (nSPS) is 23.0. The van der Waals surface area contributed by atoms with Gasteiger partial charge in [0.1, 0.15) is 0 Å². The third-order valence-electron chi connectivity index (χ3n) is 4.18. The second-order valence-electron chi connectivity index (χ2n) is 6.18. The van der Waals surface area contributed by atoms with Gasteiger partial charge in [0.15, 0.2) is 0 Å². The molecule has 0 N–H and O–H groups in total. The van der Waals surface area contributed by atoms with Gasteiger partial charge in [-0.2, -0.15) is 0 Å². The molecule has 2 heteroatoms. The predicted molar refractivity (Wildman–Crippen MR) is 82.8 cm³/mol. The summed E-state index contributed by atoms with van der Waals surface area (Å²) in [6, 6.07) is 14.1. The number of carbonyl (C=O) groups excluding carboxylic acids is 1. The van der Waals surface area contributed by atoms with Gasteiger partial charge in [0.25, 0.3) is 5.91 Å². The standard InChI is InChI=1S/C18H21NO/c1-13-10-14(2)12-19(11-13)18(20)17-9-5-7-15-6-3-4-8-16(15)17/h3-9,13-14H,10-12H2,1-2H3/t13-,14-/m1/s1. The van der Waals surface area contributed by atoms with Crippen molar-refractivity contribution in [1.82, 2.24) is 4.90 Å². The molecule has 1 aliphatic rings. The Balaban J connectivity index is 1.96. The monoisotopic (exact) mass is 267 g/mol. The molecule has 20 heavy (non-hydrogen) atoms. The molecule has 0 aliphatic carbocycles. The van der Waals surface area contributed by atoms with E-state index < -0.39 is 0 Å². The summed E-state index contributed by atoms with van der Waals surface area (Å²) >= 11 is 0. The van der Waals surface area contributed by atoms with E-state index in [-0.39, 0.29) is 5.91 Å². The largest absolute Gasteiger partial charge is 0.338 e. The molecule has 104 valence electrons. The minimum absolute atomic E-state index is 0.181. The van der Waals surface area contributed by atoms with Crippen LogP contribution in [-0.4, -0.2) is 23.9 Å². The number of likely N-dealkylation sites (tertiary alicyclic amines) is 1. The van der Waals surface area contributed by atoms with E-state index in [0.717, 1.165) is 29.4 Å². The van der Waals surface area contributed by atoms with Crippen LogP contribution < -0.4 is 0 Å². The van der Waals surface area contributed by atoms with Crippen LogP contribution in [0.25, 0.3) is 10.8 Å². The van der Waals surface area contributed by atoms with Crippen molar-refractivity contribution in [1.29, 1.82) is 0 Å². The van der Waals surface area contributed by atoms with Gasteiger partial charge in [-0.25, -0.2) is 0 Å². The van der Waals surface area contributed by atoms with Crippen molar-refractivity contribution in [2.45, 2.75) is 20.3 Å². The Morgan fingerprint density at radius 2 is 1.65 bits per heavy atom. The van der Waals surface area contributed by atoms with Crippen molar-refractivity contribution in [3.63, 3.8) is 0 Å². The Kier molecular flexibility index (Phi) is 3.47. The van der Waals surface area contributed by atoms with Gasteiger partial charge in [0.05, 0.1) is 0 Å². The lowest BCUT2D eigenvalue weighted by atomic mass is 9.91. The van der Waals surface area contributed by atoms with E-state index in [1.165, 1.54) is 6.42 Å². The van der Waals surface area contributed by atoms with Crippen LogP contribution in [0.5, 0.6) is 0 Å². The molecule has 0 saturated carbocycles. The van der Waals surface area contributed by atoms with Crippen molar-refractivity contribution < 1.29 is 4.79 Å². The fourth-order valence-electron chi connectivity index (χ4n) is 3.41. The van der Waals surface area contributed by atoms with Gasteiger partial charge in [-0.1, -0.05) is 50.2 Å². The van der Waals surface area contributed by atoms with Crippen molar-refractivity contribution in [2.75, 3.05) is 13.1 Å². The molecule has 1 saturated heterocycles. The highest BCUT2D eigenvalue weighted by atomic mass is 16.2. The molecule has 0 spiro atoms. The van der Waals surface area contributed by atoms with Crippen molar-refractivity contribution >= 4 is 16.7 Å². The molecule has 2 nitrogen and oxygen atoms in total. The fraction of sp³-hybridized carbons (Fsp3) is 0.389. The number of piperidine rings is 1. The smallest absolute Gasteiger partial charge is 0.254 e. The maximum absolute atomic E-state index is 12.8. The van der Waals surface area contributed by atoms with Crippen LogP contribution in [0, 0.1) is 11.8 Å². The van der Waals surface area contributed by atoms with E-state index in [9.17, 15) is 4.79 Å². The summed E-state index contributed by atoms with van der Waals surface area (Å²) in [5.41, 5.74) is 0.837. The highest BCUT2D eigenvalue weighted by Crippen LogP contribution is 2.25. The number of benzene rings is 2. The van der Waals surface area contributed by atoms with E-state index >= 15 is 0 Å². The zero-order valence-corrected chi connectivity index (χ0v) is 12.2. The highest BCUT2D eigenvalue weighted by molar-refractivity contribution is 6.07. The number of hydrogen-bond acceptors (Lipinski definition) is 1. The fourth-order valence-corrected chi connectivity index (χ4v) is 3.41. The highest BCUT2D eigenvalue weighted by Gasteiger charge is 2.26. The molecule has 1 amide bonds. The minimum Gasteiger partial charge on any atom is -0.338 e. The van der Waals surface area contributed by atoms with E-state index in [2.05, 4.69) is 26.0 Å². The first-order valence-electron chi connectivity index (χ1n) is 7.42. The Hall–Kier alpha value is -1.83. The number of nitrogens with zero attached hydrogens (tertiary/aromatic N) is 1. The number of rotatable bonds is 1. The van der Waals surface area contributed by atoms with Crippen LogP contribution >= 0.6 is 0 Å². The van der Waals surface area contributed by atoms with Crippen LogP contribution in [0.2, 0.25) is 0 Å². The maximum Gasteiger partial charge on any atom is 0.254 e. The number of fused-ring (bicyclic) bond motifs is 1. The van der Waals surface area contributed by atoms with Crippen LogP contribution in [0.15, 0.2) is 42.5 Å². The molecule has 0 aromatic heterocycles. The third-order valence-corrected chi connectivity index (χ3v) is 4.18. The molecule has 2 aromatic carbocycles. The topological polar surface area (TPSA) is 20.3 Å². The lowest BCUT2D eigenvalue weighted by Gasteiger charge is -2.35. The Labute approximate surface area is 120 Å². The summed E-state index contributed by atoms with van der Waals surface area (Å²) < 4.78 is 0. The van der Waals surface area contributed by atoms with Crippen molar-refractivity contribution in [2.24, 2.45) is 11.8 Å². The SMILES string of the molecule is C[C@@H]1C[C@@H](C)CN(C(=O)c2cccc3ccccc23)C1. The average Bonchev–Trinajstić information content (AvgIpc) is 2.45. The summed E-state index contributed by atoms with van der Waals surface area (Å²) in [4.78, 5) is 14.9. The molecule has 0 bridgehead atoms. The second-order valence-corrected chi connectivity index (χ2v) is 6.18. The number of hydrogen-bond donors (Lipinski definition) is 0. The maximum atomic E-state index is 12.8. The van der Waals surface area contributed by atoms with Crippen LogP contribution in [0.1, 0.15) is 30.6 Å². The predicted octanol–water partition coefficient (Wildman–Crippen LogP) is 3.96. The van der Waals surface area contributed by atoms with Gasteiger partial charge in [0.2, 0.25) is 0 Å². The molecule has 1 aliphatic heterocycles. The Morgan fingerprint density at radius 1 is 1.00 bits per heavy atom. The Morgan fingerprint density at radius 3 is 2.40 bits per heavy atom. The van der Waals surface area contributed by atoms with E-state index in [4.69, 9.17) is 0 Å². The summed E-state index contributed by atoms with van der Waals surface area (Å²) in [6.07, 6.45) is 1.22. The van der Waals surface area contributed by atoms with Gasteiger partial charge < -0.3 is 4.90 Å². The summed E-state index contributed by atoms with van der Waals surface area (Å²) in [6.45, 7) is 6.23. The first-order chi connectivity index (χ1) is 9.65. The zero-order chi connectivity index (χ0) is 14.1. The minimum atomic E-state index is 0.181. The molecule has 1 heterocycles. The molecule has 0 unspecified atom stereocenters. The summed E-state index contributed by atoms with van der Waals surface area (Å²) in [7, 11) is 0. The average molecular weight is 267 g/mol. The molecular formula is C18H21NO. The lowest BCUT2D eigenvalue weighted by Crippen LogP contribution is -2.42. The zero-order valence-electron chi connectivity index (χ0n) is 12.2. The molecule has 3 rings (SSSR count). The van der Waals surface area contributed by atoms with Crippen LogP contribution in [-0.2, 0) is 0 Å². The van der Waals surface area contributed by atoms with Gasteiger partial charge in [-0.15, -0.1) is 0 Å². The van der Waals surface area contributed by atoms with Crippen LogP contribution in [0.4, 0.5) is 0 Å². The van der Waals surface area contributed by atoms with Gasteiger partial charge >= 0.3 is 0 Å². The van der Waals surface area contributed by atoms with Crippen molar-refractivity contribution in [3.05, 3.63) is 48.0 Å². The first-order valence-corrected chi connectivity index (χ1v) is 7.42. The number of carbonyl (C=O) groups is 1. The summed E-state index contributed by atoms with van der Waals surface area (Å²) in [5.74, 6) is 1.37.